The molecule has 1 aromatic carbocycles. The number of nitrogens with one attached hydrogen (secondary N) is 1. The van der Waals surface area contributed by atoms with E-state index in [0.717, 1.165) is 11.8 Å². The van der Waals surface area contributed by atoms with E-state index in [4.69, 9.17) is 0 Å². The van der Waals surface area contributed by atoms with E-state index in [9.17, 15) is 13.6 Å². The summed E-state index contributed by atoms with van der Waals surface area (Å²) in [5.74, 6) is -1.17. The Hall–Kier alpha value is -2.70. The first kappa shape index (κ1) is 16.2. The van der Waals surface area contributed by atoms with Crippen LogP contribution in [-0.2, 0) is 6.54 Å². The number of pyridine rings is 1. The van der Waals surface area contributed by atoms with Crippen molar-refractivity contribution in [3.63, 3.8) is 0 Å². The van der Waals surface area contributed by atoms with Crippen molar-refractivity contribution in [3.05, 3.63) is 59.9 Å². The number of urea groups is 1. The number of piperazine rings is 1. The molecule has 1 saturated heterocycles. The fourth-order valence-electron chi connectivity index (χ4n) is 2.67. The van der Waals surface area contributed by atoms with Crippen LogP contribution in [0.4, 0.5) is 19.3 Å². The van der Waals surface area contributed by atoms with E-state index in [2.05, 4.69) is 10.3 Å². The quantitative estimate of drug-likeness (QED) is 0.939. The van der Waals surface area contributed by atoms with Gasteiger partial charge in [-0.15, -0.1) is 0 Å². The Balaban J connectivity index is 1.52. The van der Waals surface area contributed by atoms with Crippen LogP contribution >= 0.6 is 0 Å². The van der Waals surface area contributed by atoms with Gasteiger partial charge in [0, 0.05) is 38.4 Å². The number of rotatable bonds is 3. The van der Waals surface area contributed by atoms with Crippen molar-refractivity contribution >= 4 is 11.7 Å². The smallest absolute Gasteiger partial charge is 0.317 e. The third-order valence-corrected chi connectivity index (χ3v) is 3.96. The number of carbonyl (C=O) groups is 1. The fraction of sp³-hybridized carbons (Fsp3) is 0.294. The lowest BCUT2D eigenvalue weighted by atomic mass is 10.2. The predicted octanol–water partition coefficient (Wildman–Crippen LogP) is 2.39. The molecule has 0 bridgehead atoms. The zero-order chi connectivity index (χ0) is 16.9. The number of hydrogen-bond donors (Lipinski definition) is 1. The highest BCUT2D eigenvalue weighted by molar-refractivity contribution is 5.74. The average Bonchev–Trinajstić information content (AvgIpc) is 2.61. The van der Waals surface area contributed by atoms with Crippen molar-refractivity contribution in [2.24, 2.45) is 0 Å². The van der Waals surface area contributed by atoms with Gasteiger partial charge in [0.05, 0.1) is 17.9 Å². The monoisotopic (exact) mass is 332 g/mol. The van der Waals surface area contributed by atoms with E-state index in [1.165, 1.54) is 12.1 Å². The van der Waals surface area contributed by atoms with Crippen molar-refractivity contribution in [2.75, 3.05) is 31.1 Å². The molecular formula is C17H18F2N4O. The lowest BCUT2D eigenvalue weighted by Crippen LogP contribution is -2.52. The first-order valence-corrected chi connectivity index (χ1v) is 7.76. The third kappa shape index (κ3) is 3.79. The molecule has 1 fully saturated rings. The summed E-state index contributed by atoms with van der Waals surface area (Å²) in [6.07, 6.45) is 1.68. The molecule has 7 heteroatoms. The molecule has 24 heavy (non-hydrogen) atoms. The van der Waals surface area contributed by atoms with Crippen LogP contribution in [0, 0.1) is 11.6 Å². The highest BCUT2D eigenvalue weighted by Crippen LogP contribution is 2.21. The number of nitrogens with zero attached hydrogens (tertiary/aromatic N) is 3. The summed E-state index contributed by atoms with van der Waals surface area (Å²) < 4.78 is 26.8. The minimum absolute atomic E-state index is 0.167. The normalized spacial score (nSPS) is 14.6. The second-order valence-electron chi connectivity index (χ2n) is 5.55. The Morgan fingerprint density at radius 3 is 2.58 bits per heavy atom. The Labute approximate surface area is 138 Å². The fourth-order valence-corrected chi connectivity index (χ4v) is 2.67. The van der Waals surface area contributed by atoms with Crippen molar-refractivity contribution in [1.29, 1.82) is 0 Å². The van der Waals surface area contributed by atoms with Gasteiger partial charge in [-0.2, -0.15) is 0 Å². The Bertz CT molecular complexity index is 703. The lowest BCUT2D eigenvalue weighted by Gasteiger charge is -2.36. The third-order valence-electron chi connectivity index (χ3n) is 3.96. The highest BCUT2D eigenvalue weighted by atomic mass is 19.1. The molecule has 1 aromatic heterocycles. The van der Waals surface area contributed by atoms with Gasteiger partial charge in [0.15, 0.2) is 0 Å². The Morgan fingerprint density at radius 1 is 1.12 bits per heavy atom. The largest absolute Gasteiger partial charge is 0.366 e. The summed E-state index contributed by atoms with van der Waals surface area (Å²) in [6.45, 7) is 2.32. The minimum Gasteiger partial charge on any atom is -0.366 e. The Kier molecular flexibility index (Phi) is 4.88. The molecule has 0 unspecified atom stereocenters. The van der Waals surface area contributed by atoms with E-state index in [-0.39, 0.29) is 6.03 Å². The molecule has 5 nitrogen and oxygen atoms in total. The SMILES string of the molecule is O=C(NCc1ccccn1)N1CCN(c2ccc(F)cc2F)CC1. The molecule has 2 aromatic rings. The van der Waals surface area contributed by atoms with Crippen molar-refractivity contribution in [2.45, 2.75) is 6.54 Å². The van der Waals surface area contributed by atoms with Crippen molar-refractivity contribution < 1.29 is 13.6 Å². The average molecular weight is 332 g/mol. The van der Waals surface area contributed by atoms with Crippen molar-refractivity contribution in [3.8, 4) is 0 Å². The summed E-state index contributed by atoms with van der Waals surface area (Å²) in [5, 5.41) is 2.82. The molecule has 1 aliphatic heterocycles. The van der Waals surface area contributed by atoms with Crippen LogP contribution in [0.5, 0.6) is 0 Å². The highest BCUT2D eigenvalue weighted by Gasteiger charge is 2.22. The number of hydrogen-bond acceptors (Lipinski definition) is 3. The topological polar surface area (TPSA) is 48.5 Å². The second kappa shape index (κ2) is 7.25. The summed E-state index contributed by atoms with van der Waals surface area (Å²) in [4.78, 5) is 19.8. The molecule has 2 amide bonds. The predicted molar refractivity (Wildman–Crippen MR) is 86.6 cm³/mol. The number of carbonyl (C=O) groups excluding carboxylic acids is 1. The van der Waals surface area contributed by atoms with E-state index in [0.29, 0.717) is 38.4 Å². The van der Waals surface area contributed by atoms with E-state index < -0.39 is 11.6 Å². The van der Waals surface area contributed by atoms with Gasteiger partial charge in [0.2, 0.25) is 0 Å². The summed E-state index contributed by atoms with van der Waals surface area (Å²) in [7, 11) is 0. The van der Waals surface area contributed by atoms with Gasteiger partial charge < -0.3 is 15.1 Å². The Morgan fingerprint density at radius 2 is 1.92 bits per heavy atom. The maximum Gasteiger partial charge on any atom is 0.317 e. The maximum absolute atomic E-state index is 13.8. The van der Waals surface area contributed by atoms with Gasteiger partial charge in [-0.1, -0.05) is 6.07 Å². The van der Waals surface area contributed by atoms with Gasteiger partial charge in [-0.05, 0) is 24.3 Å². The zero-order valence-electron chi connectivity index (χ0n) is 13.1. The molecule has 3 rings (SSSR count). The molecule has 1 aliphatic rings. The van der Waals surface area contributed by atoms with Crippen LogP contribution in [0.1, 0.15) is 5.69 Å². The van der Waals surface area contributed by atoms with Crippen LogP contribution in [-0.4, -0.2) is 42.1 Å². The molecule has 1 N–H and O–H groups in total. The van der Waals surface area contributed by atoms with Crippen LogP contribution in [0.15, 0.2) is 42.6 Å². The number of anilines is 1. The van der Waals surface area contributed by atoms with Crippen molar-refractivity contribution in [1.82, 2.24) is 15.2 Å². The molecule has 0 radical (unpaired) electrons. The van der Waals surface area contributed by atoms with Gasteiger partial charge in [0.25, 0.3) is 0 Å². The van der Waals surface area contributed by atoms with E-state index >= 15 is 0 Å². The minimum atomic E-state index is -0.594. The van der Waals surface area contributed by atoms with E-state index in [1.807, 2.05) is 23.1 Å². The molecule has 0 spiro atoms. The molecular weight excluding hydrogens is 314 g/mol. The number of amides is 2. The standard InChI is InChI=1S/C17H18F2N4O/c18-13-4-5-16(15(19)11-13)22-7-9-23(10-8-22)17(24)21-12-14-3-1-2-6-20-14/h1-6,11H,7-10,12H2,(H,21,24). The number of benzene rings is 1. The van der Waals surface area contributed by atoms with Crippen LogP contribution in [0.2, 0.25) is 0 Å². The van der Waals surface area contributed by atoms with Crippen LogP contribution in [0.25, 0.3) is 0 Å². The molecule has 126 valence electrons. The number of aromatic nitrogens is 1. The number of halogens is 2. The summed E-state index contributed by atoms with van der Waals surface area (Å²) >= 11 is 0. The molecule has 0 saturated carbocycles. The summed E-state index contributed by atoms with van der Waals surface area (Å²) in [5.41, 5.74) is 1.16. The lowest BCUT2D eigenvalue weighted by molar-refractivity contribution is 0.193. The first-order valence-electron chi connectivity index (χ1n) is 7.76. The molecule has 0 atom stereocenters. The van der Waals surface area contributed by atoms with Crippen LogP contribution in [0.3, 0.4) is 0 Å². The van der Waals surface area contributed by atoms with Crippen LogP contribution < -0.4 is 10.2 Å². The molecule has 0 aliphatic carbocycles. The zero-order valence-corrected chi connectivity index (χ0v) is 13.1. The van der Waals surface area contributed by atoms with Gasteiger partial charge in [-0.25, -0.2) is 13.6 Å². The van der Waals surface area contributed by atoms with Gasteiger partial charge >= 0.3 is 6.03 Å². The van der Waals surface area contributed by atoms with Gasteiger partial charge in [0.1, 0.15) is 11.6 Å². The van der Waals surface area contributed by atoms with E-state index in [1.54, 1.807) is 11.1 Å². The maximum atomic E-state index is 13.8. The second-order valence-corrected chi connectivity index (χ2v) is 5.55. The first-order chi connectivity index (χ1) is 11.6. The summed E-state index contributed by atoms with van der Waals surface area (Å²) in [6, 6.07) is 8.91. The molecule has 2 heterocycles. The van der Waals surface area contributed by atoms with Gasteiger partial charge in [-0.3, -0.25) is 4.98 Å².